The maximum Gasteiger partial charge on any atom is 0.233 e. The van der Waals surface area contributed by atoms with E-state index < -0.39 is 9.84 Å². The lowest BCUT2D eigenvalue weighted by molar-refractivity contribution is -0.118. The number of nitrogens with one attached hydrogen (secondary N) is 1. The summed E-state index contributed by atoms with van der Waals surface area (Å²) >= 11 is 0. The molecular weight excluding hydrogens is 400 g/mol. The molecule has 1 N–H and O–H groups in total. The van der Waals surface area contributed by atoms with E-state index >= 15 is 0 Å². The molecule has 7 heteroatoms. The van der Waals surface area contributed by atoms with E-state index in [1.165, 1.54) is 0 Å². The first kappa shape index (κ1) is 21.0. The molecular formula is C23H28N2O4S. The van der Waals surface area contributed by atoms with E-state index in [2.05, 4.69) is 10.3 Å². The van der Waals surface area contributed by atoms with Gasteiger partial charge in [-0.2, -0.15) is 0 Å². The van der Waals surface area contributed by atoms with Gasteiger partial charge in [-0.25, -0.2) is 13.4 Å². The van der Waals surface area contributed by atoms with Crippen molar-refractivity contribution < 1.29 is 17.9 Å². The van der Waals surface area contributed by atoms with Gasteiger partial charge in [-0.1, -0.05) is 18.2 Å². The molecule has 2 fully saturated rings. The largest absolute Gasteiger partial charge is 0.381 e. The lowest BCUT2D eigenvalue weighted by Crippen LogP contribution is -2.26. The van der Waals surface area contributed by atoms with E-state index in [1.54, 1.807) is 36.5 Å². The number of sulfone groups is 1. The molecule has 1 aliphatic carbocycles. The standard InChI is InChI=1S/C23H28N2O4S/c1-16-2-9-22(24-15-16)25-23(26)21(14-17-10-12-29-13-11-17)18-3-5-19(6-4-18)30(27,28)20-7-8-20/h2-6,9,15,17,20-21H,7-8,10-14H2,1H3,(H,24,25,26)/t21-/m1/s1. The van der Waals surface area contributed by atoms with E-state index in [0.717, 1.165) is 50.0 Å². The van der Waals surface area contributed by atoms with E-state index in [9.17, 15) is 13.2 Å². The van der Waals surface area contributed by atoms with Crippen LogP contribution in [0.1, 0.15) is 49.1 Å². The lowest BCUT2D eigenvalue weighted by atomic mass is 9.84. The predicted octanol–water partition coefficient (Wildman–Crippen LogP) is 3.87. The molecule has 4 rings (SSSR count). The molecule has 2 aromatic rings. The third kappa shape index (κ3) is 4.90. The van der Waals surface area contributed by atoms with Crippen LogP contribution in [0, 0.1) is 12.8 Å². The molecule has 2 heterocycles. The zero-order chi connectivity index (χ0) is 21.1. The second kappa shape index (κ2) is 8.86. The van der Waals surface area contributed by atoms with Gasteiger partial charge in [0.2, 0.25) is 5.91 Å². The van der Waals surface area contributed by atoms with Gasteiger partial charge in [0.05, 0.1) is 16.1 Å². The molecule has 1 aliphatic heterocycles. The van der Waals surface area contributed by atoms with Crippen LogP contribution in [-0.4, -0.2) is 37.8 Å². The number of ether oxygens (including phenoxy) is 1. The minimum absolute atomic E-state index is 0.115. The number of hydrogen-bond donors (Lipinski definition) is 1. The fraction of sp³-hybridized carbons (Fsp3) is 0.478. The third-order valence-corrected chi connectivity index (χ3v) is 8.24. The topological polar surface area (TPSA) is 85.4 Å². The molecule has 1 atom stereocenters. The fourth-order valence-electron chi connectivity index (χ4n) is 3.93. The van der Waals surface area contributed by atoms with E-state index in [4.69, 9.17) is 4.74 Å². The molecule has 30 heavy (non-hydrogen) atoms. The van der Waals surface area contributed by atoms with Crippen molar-refractivity contribution in [3.8, 4) is 0 Å². The van der Waals surface area contributed by atoms with Gasteiger partial charge in [0.15, 0.2) is 9.84 Å². The van der Waals surface area contributed by atoms with Gasteiger partial charge in [-0.15, -0.1) is 0 Å². The van der Waals surface area contributed by atoms with Crippen LogP contribution in [0.4, 0.5) is 5.82 Å². The van der Waals surface area contributed by atoms with Crippen LogP contribution < -0.4 is 5.32 Å². The van der Waals surface area contributed by atoms with E-state index in [0.29, 0.717) is 23.1 Å². The number of amides is 1. The lowest BCUT2D eigenvalue weighted by Gasteiger charge is -2.26. The minimum Gasteiger partial charge on any atom is -0.381 e. The summed E-state index contributed by atoms with van der Waals surface area (Å²) in [6.07, 6.45) is 5.77. The predicted molar refractivity (Wildman–Crippen MR) is 115 cm³/mol. The highest BCUT2D eigenvalue weighted by Crippen LogP contribution is 2.35. The second-order valence-corrected chi connectivity index (χ2v) is 10.6. The second-order valence-electron chi connectivity index (χ2n) is 8.37. The average molecular weight is 429 g/mol. The van der Waals surface area contributed by atoms with Crippen LogP contribution in [0.2, 0.25) is 0 Å². The number of benzene rings is 1. The molecule has 0 spiro atoms. The molecule has 1 saturated carbocycles. The van der Waals surface area contributed by atoms with Crippen LogP contribution in [0.5, 0.6) is 0 Å². The van der Waals surface area contributed by atoms with Crippen molar-refractivity contribution in [3.05, 3.63) is 53.7 Å². The Morgan fingerprint density at radius 1 is 1.10 bits per heavy atom. The Bertz CT molecular complexity index is 977. The van der Waals surface area contributed by atoms with Crippen LogP contribution in [0.15, 0.2) is 47.5 Å². The van der Waals surface area contributed by atoms with Gasteiger partial charge in [0.1, 0.15) is 5.82 Å². The first-order chi connectivity index (χ1) is 14.4. The minimum atomic E-state index is -3.24. The Hall–Kier alpha value is -2.25. The van der Waals surface area contributed by atoms with Crippen molar-refractivity contribution in [2.24, 2.45) is 5.92 Å². The van der Waals surface area contributed by atoms with Crippen molar-refractivity contribution in [2.45, 2.75) is 55.1 Å². The first-order valence-electron chi connectivity index (χ1n) is 10.6. The maximum atomic E-state index is 13.2. The molecule has 1 saturated heterocycles. The Balaban J connectivity index is 1.55. The van der Waals surface area contributed by atoms with E-state index in [-0.39, 0.29) is 17.1 Å². The highest BCUT2D eigenvalue weighted by atomic mass is 32.2. The Morgan fingerprint density at radius 3 is 2.40 bits per heavy atom. The summed E-state index contributed by atoms with van der Waals surface area (Å²) in [6.45, 7) is 3.39. The molecule has 6 nitrogen and oxygen atoms in total. The zero-order valence-corrected chi connectivity index (χ0v) is 18.0. The third-order valence-electron chi connectivity index (χ3n) is 5.96. The van der Waals surface area contributed by atoms with Gasteiger partial charge in [-0.05, 0) is 74.3 Å². The van der Waals surface area contributed by atoms with Crippen molar-refractivity contribution >= 4 is 21.6 Å². The highest BCUT2D eigenvalue weighted by molar-refractivity contribution is 7.92. The number of nitrogens with zero attached hydrogens (tertiary/aromatic N) is 1. The van der Waals surface area contributed by atoms with Gasteiger partial charge >= 0.3 is 0 Å². The molecule has 2 aliphatic rings. The number of pyridine rings is 1. The Kier molecular flexibility index (Phi) is 6.20. The smallest absolute Gasteiger partial charge is 0.233 e. The van der Waals surface area contributed by atoms with Crippen molar-refractivity contribution in [1.29, 1.82) is 0 Å². The monoisotopic (exact) mass is 428 g/mol. The molecule has 1 aromatic heterocycles. The van der Waals surface area contributed by atoms with Crippen LogP contribution in [0.25, 0.3) is 0 Å². The Labute approximate surface area is 178 Å². The SMILES string of the molecule is Cc1ccc(NC(=O)[C@H](CC2CCOCC2)c2ccc(S(=O)(=O)C3CC3)cc2)nc1. The molecule has 0 unspecified atom stereocenters. The Morgan fingerprint density at radius 2 is 1.80 bits per heavy atom. The molecule has 1 amide bonds. The average Bonchev–Trinajstić information content (AvgIpc) is 3.61. The fourth-order valence-corrected chi connectivity index (χ4v) is 5.58. The van der Waals surface area contributed by atoms with Crippen LogP contribution in [0.3, 0.4) is 0 Å². The van der Waals surface area contributed by atoms with Gasteiger partial charge in [0, 0.05) is 19.4 Å². The van der Waals surface area contributed by atoms with E-state index in [1.807, 2.05) is 13.0 Å². The number of hydrogen-bond acceptors (Lipinski definition) is 5. The summed E-state index contributed by atoms with van der Waals surface area (Å²) in [6, 6.07) is 10.6. The quantitative estimate of drug-likeness (QED) is 0.724. The van der Waals surface area contributed by atoms with Gasteiger partial charge in [-0.3, -0.25) is 4.79 Å². The normalized spacial score (nSPS) is 18.7. The molecule has 1 aromatic carbocycles. The molecule has 0 radical (unpaired) electrons. The van der Waals surface area contributed by atoms with Crippen molar-refractivity contribution in [2.75, 3.05) is 18.5 Å². The van der Waals surface area contributed by atoms with Gasteiger partial charge < -0.3 is 10.1 Å². The number of aryl methyl sites for hydroxylation is 1. The molecule has 0 bridgehead atoms. The summed E-state index contributed by atoms with van der Waals surface area (Å²) in [7, 11) is -3.24. The zero-order valence-electron chi connectivity index (χ0n) is 17.2. The van der Waals surface area contributed by atoms with Gasteiger partial charge in [0.25, 0.3) is 0 Å². The summed E-state index contributed by atoms with van der Waals surface area (Å²) in [5, 5.41) is 2.69. The molecule has 160 valence electrons. The summed E-state index contributed by atoms with van der Waals surface area (Å²) in [4.78, 5) is 17.8. The number of aromatic nitrogens is 1. The number of carbonyl (C=O) groups is 1. The number of anilines is 1. The summed E-state index contributed by atoms with van der Waals surface area (Å²) in [5.74, 6) is 0.440. The number of rotatable bonds is 7. The van der Waals surface area contributed by atoms with Crippen LogP contribution >= 0.6 is 0 Å². The number of carbonyl (C=O) groups excluding carboxylic acids is 1. The first-order valence-corrected chi connectivity index (χ1v) is 12.1. The van der Waals surface area contributed by atoms with Crippen molar-refractivity contribution in [1.82, 2.24) is 4.98 Å². The maximum absolute atomic E-state index is 13.2. The van der Waals surface area contributed by atoms with Crippen LogP contribution in [-0.2, 0) is 19.4 Å². The summed E-state index contributed by atoms with van der Waals surface area (Å²) < 4.78 is 30.4. The van der Waals surface area contributed by atoms with Crippen molar-refractivity contribution in [3.63, 3.8) is 0 Å². The highest BCUT2D eigenvalue weighted by Gasteiger charge is 2.37. The summed E-state index contributed by atoms with van der Waals surface area (Å²) in [5.41, 5.74) is 1.86.